The van der Waals surface area contributed by atoms with Crippen LogP contribution in [0.15, 0.2) is 42.5 Å². The van der Waals surface area contributed by atoms with Gasteiger partial charge in [0.1, 0.15) is 5.82 Å². The monoisotopic (exact) mass is 288 g/mol. The Hall–Kier alpha value is -2.94. The van der Waals surface area contributed by atoms with Crippen molar-refractivity contribution in [3.63, 3.8) is 0 Å². The van der Waals surface area contributed by atoms with Crippen LogP contribution in [0.1, 0.15) is 5.56 Å². The average molecular weight is 288 g/mol. The molecule has 6 heteroatoms. The number of ether oxygens (including phenoxy) is 1. The largest absolute Gasteiger partial charge is 0.481 e. The Bertz CT molecular complexity index is 711. The molecule has 0 aromatic heterocycles. The fourth-order valence-electron chi connectivity index (χ4n) is 1.60. The molecule has 0 unspecified atom stereocenters. The summed E-state index contributed by atoms with van der Waals surface area (Å²) in [6.07, 6.45) is 0. The molecule has 0 saturated carbocycles. The van der Waals surface area contributed by atoms with Gasteiger partial charge in [-0.1, -0.05) is 6.07 Å². The molecule has 0 fully saturated rings. The number of halogens is 2. The summed E-state index contributed by atoms with van der Waals surface area (Å²) in [7, 11) is 0. The summed E-state index contributed by atoms with van der Waals surface area (Å²) in [5, 5.41) is 11.2. The van der Waals surface area contributed by atoms with Crippen LogP contribution in [-0.4, -0.2) is 12.5 Å². The second-order valence-corrected chi connectivity index (χ2v) is 4.10. The van der Waals surface area contributed by atoms with Gasteiger partial charge in [-0.15, -0.1) is 0 Å². The molecule has 1 amide bonds. The van der Waals surface area contributed by atoms with E-state index in [1.807, 2.05) is 6.07 Å². The number of carbonyl (C=O) groups excluding carboxylic acids is 1. The van der Waals surface area contributed by atoms with Crippen LogP contribution in [0.4, 0.5) is 14.5 Å². The molecule has 0 saturated heterocycles. The topological polar surface area (TPSA) is 62.1 Å². The van der Waals surface area contributed by atoms with Crippen molar-refractivity contribution in [2.24, 2.45) is 0 Å². The normalized spacial score (nSPS) is 9.76. The molecule has 0 aliphatic rings. The maximum atomic E-state index is 13.3. The minimum Gasteiger partial charge on any atom is -0.481 e. The number of nitrogens with one attached hydrogen (secondary N) is 1. The zero-order valence-corrected chi connectivity index (χ0v) is 10.8. The summed E-state index contributed by atoms with van der Waals surface area (Å²) < 4.78 is 31.0. The van der Waals surface area contributed by atoms with Crippen molar-refractivity contribution in [2.45, 2.75) is 0 Å². The zero-order chi connectivity index (χ0) is 15.2. The number of benzene rings is 2. The Labute approximate surface area is 119 Å². The summed E-state index contributed by atoms with van der Waals surface area (Å²) in [5.41, 5.74) is 0.834. The van der Waals surface area contributed by atoms with Gasteiger partial charge >= 0.3 is 0 Å². The van der Waals surface area contributed by atoms with Crippen LogP contribution in [-0.2, 0) is 4.79 Å². The third kappa shape index (κ3) is 4.01. The molecule has 0 heterocycles. The van der Waals surface area contributed by atoms with Crippen molar-refractivity contribution in [3.05, 3.63) is 59.7 Å². The number of nitrogens with zero attached hydrogens (tertiary/aromatic N) is 1. The minimum absolute atomic E-state index is 0.211. The predicted molar refractivity (Wildman–Crippen MR) is 71.6 cm³/mol. The molecule has 0 bridgehead atoms. The van der Waals surface area contributed by atoms with Crippen molar-refractivity contribution >= 4 is 11.6 Å². The van der Waals surface area contributed by atoms with Gasteiger partial charge in [0.15, 0.2) is 18.2 Å². The first-order valence-electron chi connectivity index (χ1n) is 5.96. The molecule has 1 N–H and O–H groups in total. The number of carbonyl (C=O) groups is 1. The summed E-state index contributed by atoms with van der Waals surface area (Å²) in [6.45, 7) is -0.431. The quantitative estimate of drug-likeness (QED) is 0.941. The van der Waals surface area contributed by atoms with Crippen molar-refractivity contribution in [1.29, 1.82) is 5.26 Å². The summed E-state index contributed by atoms with van der Waals surface area (Å²) in [6, 6.07) is 11.1. The first-order chi connectivity index (χ1) is 10.1. The Morgan fingerprint density at radius 2 is 2.05 bits per heavy atom. The summed E-state index contributed by atoms with van der Waals surface area (Å²) in [5.74, 6) is -2.34. The van der Waals surface area contributed by atoms with Gasteiger partial charge in [-0.2, -0.15) is 5.26 Å². The lowest BCUT2D eigenvalue weighted by Crippen LogP contribution is -2.20. The van der Waals surface area contributed by atoms with E-state index in [-0.39, 0.29) is 5.75 Å². The van der Waals surface area contributed by atoms with Gasteiger partial charge in [0.2, 0.25) is 0 Å². The van der Waals surface area contributed by atoms with Crippen LogP contribution in [0, 0.1) is 23.0 Å². The summed E-state index contributed by atoms with van der Waals surface area (Å²) >= 11 is 0. The third-order valence-electron chi connectivity index (χ3n) is 2.53. The van der Waals surface area contributed by atoms with E-state index in [2.05, 4.69) is 5.32 Å². The highest BCUT2D eigenvalue weighted by atomic mass is 19.1. The van der Waals surface area contributed by atoms with Gasteiger partial charge in [-0.05, 0) is 30.3 Å². The fourth-order valence-corrected chi connectivity index (χ4v) is 1.60. The molecule has 2 aromatic rings. The standard InChI is InChI=1S/C15H10F2N2O2/c16-11-4-5-14(13(17)7-11)21-9-15(20)19-12-3-1-2-10(6-12)8-18/h1-7H,9H2,(H,19,20). The van der Waals surface area contributed by atoms with E-state index in [1.165, 1.54) is 6.07 Å². The van der Waals surface area contributed by atoms with Crippen LogP contribution in [0.5, 0.6) is 5.75 Å². The molecular formula is C15H10F2N2O2. The number of anilines is 1. The highest BCUT2D eigenvalue weighted by molar-refractivity contribution is 5.92. The van der Waals surface area contributed by atoms with E-state index >= 15 is 0 Å². The fraction of sp³-hybridized carbons (Fsp3) is 0.0667. The molecule has 0 aliphatic heterocycles. The number of nitriles is 1. The second kappa shape index (κ2) is 6.48. The van der Waals surface area contributed by atoms with Crippen LogP contribution < -0.4 is 10.1 Å². The Morgan fingerprint density at radius 1 is 1.24 bits per heavy atom. The SMILES string of the molecule is N#Cc1cccc(NC(=O)COc2ccc(F)cc2F)c1. The number of hydrogen-bond acceptors (Lipinski definition) is 3. The lowest BCUT2D eigenvalue weighted by atomic mass is 10.2. The van der Waals surface area contributed by atoms with Gasteiger partial charge in [0.25, 0.3) is 5.91 Å². The van der Waals surface area contributed by atoms with Crippen LogP contribution in [0.25, 0.3) is 0 Å². The minimum atomic E-state index is -0.880. The van der Waals surface area contributed by atoms with Gasteiger partial charge in [0.05, 0.1) is 11.6 Å². The molecule has 2 aromatic carbocycles. The Balaban J connectivity index is 1.94. The van der Waals surface area contributed by atoms with E-state index in [1.54, 1.807) is 18.2 Å². The number of amides is 1. The first-order valence-corrected chi connectivity index (χ1v) is 5.96. The Kier molecular flexibility index (Phi) is 4.46. The van der Waals surface area contributed by atoms with Gasteiger partial charge in [-0.3, -0.25) is 4.79 Å². The van der Waals surface area contributed by atoms with E-state index in [9.17, 15) is 13.6 Å². The maximum absolute atomic E-state index is 13.3. The molecule has 106 valence electrons. The Morgan fingerprint density at radius 3 is 2.76 bits per heavy atom. The van der Waals surface area contributed by atoms with Crippen molar-refractivity contribution in [1.82, 2.24) is 0 Å². The molecular weight excluding hydrogens is 278 g/mol. The lowest BCUT2D eigenvalue weighted by Gasteiger charge is -2.08. The third-order valence-corrected chi connectivity index (χ3v) is 2.53. The number of rotatable bonds is 4. The van der Waals surface area contributed by atoms with Crippen LogP contribution in [0.2, 0.25) is 0 Å². The van der Waals surface area contributed by atoms with Crippen molar-refractivity contribution in [2.75, 3.05) is 11.9 Å². The number of hydrogen-bond donors (Lipinski definition) is 1. The molecule has 21 heavy (non-hydrogen) atoms. The molecule has 0 spiro atoms. The van der Waals surface area contributed by atoms with Gasteiger partial charge in [0, 0.05) is 11.8 Å². The molecule has 2 rings (SSSR count). The predicted octanol–water partition coefficient (Wildman–Crippen LogP) is 2.85. The molecule has 0 atom stereocenters. The van der Waals surface area contributed by atoms with Gasteiger partial charge in [-0.25, -0.2) is 8.78 Å². The van der Waals surface area contributed by atoms with Crippen LogP contribution in [0.3, 0.4) is 0 Å². The van der Waals surface area contributed by atoms with E-state index in [0.29, 0.717) is 17.3 Å². The van der Waals surface area contributed by atoms with E-state index < -0.39 is 24.1 Å². The molecule has 4 nitrogen and oxygen atoms in total. The first kappa shape index (κ1) is 14.5. The molecule has 0 aliphatic carbocycles. The van der Waals surface area contributed by atoms with E-state index in [4.69, 9.17) is 10.00 Å². The second-order valence-electron chi connectivity index (χ2n) is 4.10. The maximum Gasteiger partial charge on any atom is 0.262 e. The average Bonchev–Trinajstić information content (AvgIpc) is 2.46. The van der Waals surface area contributed by atoms with E-state index in [0.717, 1.165) is 12.1 Å². The van der Waals surface area contributed by atoms with Gasteiger partial charge < -0.3 is 10.1 Å². The highest BCUT2D eigenvalue weighted by Gasteiger charge is 2.08. The van der Waals surface area contributed by atoms with Crippen molar-refractivity contribution < 1.29 is 18.3 Å². The summed E-state index contributed by atoms with van der Waals surface area (Å²) in [4.78, 5) is 11.6. The smallest absolute Gasteiger partial charge is 0.262 e. The highest BCUT2D eigenvalue weighted by Crippen LogP contribution is 2.17. The van der Waals surface area contributed by atoms with Crippen LogP contribution >= 0.6 is 0 Å². The molecule has 0 radical (unpaired) electrons. The zero-order valence-electron chi connectivity index (χ0n) is 10.8. The lowest BCUT2D eigenvalue weighted by molar-refractivity contribution is -0.118. The van der Waals surface area contributed by atoms with Crippen molar-refractivity contribution in [3.8, 4) is 11.8 Å².